The van der Waals surface area contributed by atoms with Gasteiger partial charge in [-0.1, -0.05) is 26.0 Å². The minimum atomic E-state index is -0.250. The highest BCUT2D eigenvalue weighted by Crippen LogP contribution is 2.47. The largest absolute Gasteiger partial charge is 0.493 e. The number of fused-ring (bicyclic) bond motifs is 2. The van der Waals surface area contributed by atoms with E-state index in [4.69, 9.17) is 56.8 Å². The molecule has 2 aliphatic heterocycles. The number of allylic oxidation sites excluding steroid dienone is 2. The first kappa shape index (κ1) is 58.7. The molecule has 6 atom stereocenters. The van der Waals surface area contributed by atoms with E-state index >= 15 is 0 Å². The highest BCUT2D eigenvalue weighted by atomic mass is 16.6. The first-order chi connectivity index (χ1) is 36.5. The van der Waals surface area contributed by atoms with Gasteiger partial charge in [0.15, 0.2) is 46.0 Å². The number of esters is 2. The number of nitrogens with zero attached hydrogens (tertiary/aromatic N) is 2. The van der Waals surface area contributed by atoms with Crippen molar-refractivity contribution >= 4 is 11.9 Å². The van der Waals surface area contributed by atoms with Crippen LogP contribution in [0.2, 0.25) is 0 Å². The minimum Gasteiger partial charge on any atom is -0.493 e. The van der Waals surface area contributed by atoms with Crippen LogP contribution in [0, 0.1) is 11.8 Å². The third-order valence-electron chi connectivity index (χ3n) is 15.3. The summed E-state index contributed by atoms with van der Waals surface area (Å²) in [5, 5.41) is 0. The number of carbonyl (C=O) groups is 2. The lowest BCUT2D eigenvalue weighted by atomic mass is 9.85. The fourth-order valence-electron chi connectivity index (χ4n) is 11.5. The van der Waals surface area contributed by atoms with Crippen LogP contribution >= 0.6 is 0 Å². The third kappa shape index (κ3) is 13.9. The zero-order valence-electron chi connectivity index (χ0n) is 47.6. The molecule has 0 aromatic heterocycles. The Morgan fingerprint density at radius 1 is 0.474 bits per heavy atom. The zero-order chi connectivity index (χ0) is 55.2. The van der Waals surface area contributed by atoms with Gasteiger partial charge in [0, 0.05) is 61.5 Å². The summed E-state index contributed by atoms with van der Waals surface area (Å²) in [4.78, 5) is 26.1. The smallest absolute Gasteiger partial charge is 0.306 e. The Bertz CT molecular complexity index is 2410. The van der Waals surface area contributed by atoms with Crippen LogP contribution in [0.1, 0.15) is 85.0 Å². The molecule has 2 aliphatic rings. The third-order valence-corrected chi connectivity index (χ3v) is 15.3. The summed E-state index contributed by atoms with van der Waals surface area (Å²) in [6.07, 6.45) is 8.50. The number of likely N-dealkylation sites (N-methyl/N-ethyl adjacent to an activating group) is 2. The van der Waals surface area contributed by atoms with Crippen LogP contribution in [0.3, 0.4) is 0 Å². The van der Waals surface area contributed by atoms with Crippen molar-refractivity contribution in [2.45, 2.75) is 77.3 Å². The first-order valence-corrected chi connectivity index (χ1v) is 26.3. The molecule has 0 fully saturated rings. The molecule has 416 valence electrons. The molecule has 6 rings (SSSR count). The van der Waals surface area contributed by atoms with Crippen molar-refractivity contribution in [3.8, 4) is 57.5 Å². The second-order valence-corrected chi connectivity index (χ2v) is 20.7. The van der Waals surface area contributed by atoms with E-state index in [9.17, 15) is 9.59 Å². The molecule has 16 nitrogen and oxygen atoms in total. The Morgan fingerprint density at radius 2 is 0.789 bits per heavy atom. The molecular weight excluding hydrogens is 973 g/mol. The van der Waals surface area contributed by atoms with Gasteiger partial charge in [0.05, 0.1) is 125 Å². The molecule has 0 radical (unpaired) electrons. The van der Waals surface area contributed by atoms with Crippen molar-refractivity contribution in [3.63, 3.8) is 0 Å². The summed E-state index contributed by atoms with van der Waals surface area (Å²) in [7, 11) is 20.9. The fourth-order valence-corrected chi connectivity index (χ4v) is 11.5. The van der Waals surface area contributed by atoms with Gasteiger partial charge in [-0.25, -0.2) is 0 Å². The Hall–Kier alpha value is -6.52. The van der Waals surface area contributed by atoms with Crippen molar-refractivity contribution in [1.82, 2.24) is 0 Å². The molecule has 16 heteroatoms. The number of hydrogen-bond acceptors (Lipinski definition) is 14. The summed E-state index contributed by atoms with van der Waals surface area (Å²) in [5.74, 6) is 5.94. The lowest BCUT2D eigenvalue weighted by Gasteiger charge is -2.47. The number of benzene rings is 4. The van der Waals surface area contributed by atoms with Crippen LogP contribution in [0.5, 0.6) is 57.5 Å². The van der Waals surface area contributed by atoms with E-state index < -0.39 is 0 Å². The van der Waals surface area contributed by atoms with E-state index in [-0.39, 0.29) is 48.7 Å². The molecule has 0 saturated heterocycles. The molecule has 2 unspecified atom stereocenters. The van der Waals surface area contributed by atoms with Crippen LogP contribution in [-0.4, -0.2) is 145 Å². The van der Waals surface area contributed by atoms with E-state index in [0.29, 0.717) is 96.4 Å². The number of rotatable bonds is 28. The predicted octanol–water partition coefficient (Wildman–Crippen LogP) is 9.52. The number of ether oxygens (including phenoxy) is 12. The van der Waals surface area contributed by atoms with Crippen LogP contribution in [0.4, 0.5) is 0 Å². The van der Waals surface area contributed by atoms with Gasteiger partial charge in [-0.05, 0) is 83.6 Å². The second kappa shape index (κ2) is 27.0. The summed E-state index contributed by atoms with van der Waals surface area (Å²) < 4.78 is 70.3. The van der Waals surface area contributed by atoms with Crippen molar-refractivity contribution in [2.75, 3.05) is 125 Å². The van der Waals surface area contributed by atoms with E-state index in [1.165, 1.54) is 22.3 Å². The molecule has 0 amide bonds. The van der Waals surface area contributed by atoms with Gasteiger partial charge in [0.25, 0.3) is 0 Å². The number of carbonyl (C=O) groups excluding carboxylic acids is 2. The summed E-state index contributed by atoms with van der Waals surface area (Å²) >= 11 is 0. The number of quaternary nitrogens is 2. The van der Waals surface area contributed by atoms with E-state index in [0.717, 1.165) is 59.1 Å². The number of hydrogen-bond donors (Lipinski definition) is 0. The van der Waals surface area contributed by atoms with Crippen LogP contribution in [0.15, 0.2) is 60.7 Å². The lowest BCUT2D eigenvalue weighted by Crippen LogP contribution is -2.54. The monoisotopic (exact) mass is 1060 g/mol. The quantitative estimate of drug-likeness (QED) is 0.0302. The van der Waals surface area contributed by atoms with Gasteiger partial charge >= 0.3 is 11.9 Å². The molecule has 0 saturated carbocycles. The number of methoxy groups -OCH3 is 10. The standard InChI is InChI=1S/C60H84N2O14/c1-39(35-61(3)23-21-43-31-49(65-5)51(67-7)33-45(43)47(61)25-41-27-53(69-9)59(73-13)54(28-41)70-10)37-75-57(63)19-17-15-16-18-20-58(64)76-38-40(2)36-62(4)24-22-44-32-50(66-6)52(68-8)34-46(44)48(62)26-42-29-55(71-11)60(74-14)56(30-42)72-12/h15-16,27-34,39-40,47-48H,17-26,35-38H2,1-14H3/q+2/b16-15+/t39?,40?,47-,48-,61-,62+/m1/s1. The topological polar surface area (TPSA) is 145 Å². The summed E-state index contributed by atoms with van der Waals surface area (Å²) in [6.45, 7) is 8.21. The molecule has 0 N–H and O–H groups in total. The SMILES string of the molecule is COc1cc2c(cc1OC)[C@@H](Cc1cc(OC)c(OC)c(OC)c1)[N@+](C)(CC(C)COC(=O)CC/C=C/CCC(=O)OCC(C)C[N@@+]1(C)CCc3cc(OC)c(OC)cc3[C@H]1Cc1cc(OC)c(OC)c(OC)c1)CC2. The van der Waals surface area contributed by atoms with Gasteiger partial charge in [0.1, 0.15) is 12.1 Å². The minimum absolute atomic E-state index is 0.0373. The average molecular weight is 1060 g/mol. The van der Waals surface area contributed by atoms with E-state index in [1.807, 2.05) is 36.4 Å². The van der Waals surface area contributed by atoms with E-state index in [2.05, 4.69) is 52.2 Å². The molecule has 76 heavy (non-hydrogen) atoms. The molecule has 0 aliphatic carbocycles. The normalized spacial score (nSPS) is 19.6. The van der Waals surface area contributed by atoms with Gasteiger partial charge in [0.2, 0.25) is 11.5 Å². The maximum Gasteiger partial charge on any atom is 0.306 e. The molecule has 0 spiro atoms. The molecule has 0 bridgehead atoms. The van der Waals surface area contributed by atoms with Crippen molar-refractivity contribution < 1.29 is 75.4 Å². The highest BCUT2D eigenvalue weighted by Gasteiger charge is 2.43. The summed E-state index contributed by atoms with van der Waals surface area (Å²) in [5.41, 5.74) is 6.91. The Morgan fingerprint density at radius 3 is 1.09 bits per heavy atom. The van der Waals surface area contributed by atoms with Gasteiger partial charge in [-0.15, -0.1) is 0 Å². The first-order valence-electron chi connectivity index (χ1n) is 26.3. The van der Waals surface area contributed by atoms with Crippen LogP contribution in [0.25, 0.3) is 0 Å². The Labute approximate surface area is 451 Å². The summed E-state index contributed by atoms with van der Waals surface area (Å²) in [6, 6.07) is 16.5. The Balaban J connectivity index is 0.996. The molecule has 2 heterocycles. The lowest BCUT2D eigenvalue weighted by molar-refractivity contribution is -0.944. The Kier molecular flexibility index (Phi) is 20.9. The molecular formula is C60H84N2O14+2. The predicted molar refractivity (Wildman–Crippen MR) is 291 cm³/mol. The molecule has 4 aromatic rings. The highest BCUT2D eigenvalue weighted by molar-refractivity contribution is 5.70. The molecule has 4 aromatic carbocycles. The van der Waals surface area contributed by atoms with E-state index in [1.54, 1.807) is 71.1 Å². The van der Waals surface area contributed by atoms with Crippen molar-refractivity contribution in [3.05, 3.63) is 94.1 Å². The maximum atomic E-state index is 13.0. The fraction of sp³-hybridized carbons (Fsp3) is 0.533. The van der Waals surface area contributed by atoms with Gasteiger partial charge < -0.3 is 65.8 Å². The van der Waals surface area contributed by atoms with Crippen molar-refractivity contribution in [2.24, 2.45) is 11.8 Å². The zero-order valence-corrected chi connectivity index (χ0v) is 47.6. The van der Waals surface area contributed by atoms with Gasteiger partial charge in [-0.3, -0.25) is 9.59 Å². The second-order valence-electron chi connectivity index (χ2n) is 20.7. The maximum absolute atomic E-state index is 13.0. The van der Waals surface area contributed by atoms with Crippen LogP contribution in [-0.2, 0) is 44.7 Å². The van der Waals surface area contributed by atoms with Crippen molar-refractivity contribution in [1.29, 1.82) is 0 Å². The average Bonchev–Trinajstić information content (AvgIpc) is 3.43. The van der Waals surface area contributed by atoms with Crippen LogP contribution < -0.4 is 47.4 Å². The van der Waals surface area contributed by atoms with Gasteiger partial charge in [-0.2, -0.15) is 0 Å².